The molecule has 1 heteroatoms. The molecule has 0 aliphatic heterocycles. The van der Waals surface area contributed by atoms with Crippen LogP contribution in [0.1, 0.15) is 33.4 Å². The van der Waals surface area contributed by atoms with Gasteiger partial charge in [-0.05, 0) is 43.5 Å². The van der Waals surface area contributed by atoms with E-state index in [-0.39, 0.29) is 6.61 Å². The van der Waals surface area contributed by atoms with Crippen molar-refractivity contribution in [1.82, 2.24) is 0 Å². The van der Waals surface area contributed by atoms with Gasteiger partial charge in [-0.15, -0.1) is 0 Å². The summed E-state index contributed by atoms with van der Waals surface area (Å²) in [5.41, 5.74) is 6.51. The fourth-order valence-electron chi connectivity index (χ4n) is 2.29. The second-order valence-electron chi connectivity index (χ2n) is 4.84. The maximum Gasteiger partial charge on any atom is 0.0694 e. The fourth-order valence-corrected chi connectivity index (χ4v) is 2.29. The lowest BCUT2D eigenvalue weighted by atomic mass is 9.99. The predicted octanol–water partition coefficient (Wildman–Crippen LogP) is 3.50. The van der Waals surface area contributed by atoms with E-state index in [2.05, 4.69) is 44.7 Å². The molecule has 0 aliphatic carbocycles. The topological polar surface area (TPSA) is 20.2 Å². The third kappa shape index (κ3) is 3.05. The van der Waals surface area contributed by atoms with Crippen LogP contribution in [-0.4, -0.2) is 5.11 Å². The lowest BCUT2D eigenvalue weighted by Crippen LogP contribution is -1.91. The molecule has 2 aromatic rings. The first-order chi connectivity index (χ1) is 9.11. The summed E-state index contributed by atoms with van der Waals surface area (Å²) in [6, 6.07) is 12.0. The van der Waals surface area contributed by atoms with Crippen molar-refractivity contribution < 1.29 is 5.11 Å². The number of rotatable bonds is 1. The molecule has 0 radical (unpaired) electrons. The van der Waals surface area contributed by atoms with E-state index in [4.69, 9.17) is 0 Å². The number of benzene rings is 2. The van der Waals surface area contributed by atoms with Crippen molar-refractivity contribution in [1.29, 1.82) is 0 Å². The Bertz CT molecular complexity index is 634. The summed E-state index contributed by atoms with van der Waals surface area (Å²) < 4.78 is 0. The molecule has 0 saturated heterocycles. The van der Waals surface area contributed by atoms with Crippen LogP contribution in [0.25, 0.3) is 0 Å². The zero-order chi connectivity index (χ0) is 13.8. The summed E-state index contributed by atoms with van der Waals surface area (Å²) in [5.74, 6) is 6.41. The van der Waals surface area contributed by atoms with E-state index in [1.54, 1.807) is 0 Å². The third-order valence-electron chi connectivity index (χ3n) is 3.19. The molecule has 0 aliphatic rings. The Morgan fingerprint density at radius 3 is 2.21 bits per heavy atom. The molecule has 0 heterocycles. The molecule has 0 bridgehead atoms. The van der Waals surface area contributed by atoms with Crippen molar-refractivity contribution in [3.05, 3.63) is 69.8 Å². The highest BCUT2D eigenvalue weighted by molar-refractivity contribution is 5.52. The summed E-state index contributed by atoms with van der Waals surface area (Å²) >= 11 is 0. The van der Waals surface area contributed by atoms with E-state index >= 15 is 0 Å². The van der Waals surface area contributed by atoms with E-state index in [9.17, 15) is 5.11 Å². The molecule has 1 nitrogen and oxygen atoms in total. The summed E-state index contributed by atoms with van der Waals surface area (Å²) in [4.78, 5) is 0. The molecule has 0 unspecified atom stereocenters. The van der Waals surface area contributed by atoms with Crippen molar-refractivity contribution in [3.8, 4) is 11.8 Å². The highest BCUT2D eigenvalue weighted by Gasteiger charge is 2.01. The Labute approximate surface area is 114 Å². The minimum atomic E-state index is 0.0245. The van der Waals surface area contributed by atoms with E-state index in [0.717, 1.165) is 16.7 Å². The summed E-state index contributed by atoms with van der Waals surface area (Å²) in [5, 5.41) is 9.29. The van der Waals surface area contributed by atoms with Crippen LogP contribution in [0.4, 0.5) is 0 Å². The summed E-state index contributed by atoms with van der Waals surface area (Å²) in [6.45, 7) is 6.29. The van der Waals surface area contributed by atoms with Gasteiger partial charge in [-0.2, -0.15) is 0 Å². The Balaban J connectivity index is 2.45. The van der Waals surface area contributed by atoms with Crippen molar-refractivity contribution >= 4 is 0 Å². The summed E-state index contributed by atoms with van der Waals surface area (Å²) in [7, 11) is 0. The van der Waals surface area contributed by atoms with Crippen LogP contribution >= 0.6 is 0 Å². The van der Waals surface area contributed by atoms with Gasteiger partial charge in [0.05, 0.1) is 6.61 Å². The Kier molecular flexibility index (Phi) is 4.04. The van der Waals surface area contributed by atoms with Crippen molar-refractivity contribution in [2.24, 2.45) is 0 Å². The van der Waals surface area contributed by atoms with Crippen LogP contribution in [0.2, 0.25) is 0 Å². The Morgan fingerprint density at radius 2 is 1.58 bits per heavy atom. The predicted molar refractivity (Wildman–Crippen MR) is 79.0 cm³/mol. The first kappa shape index (κ1) is 13.4. The largest absolute Gasteiger partial charge is 0.392 e. The van der Waals surface area contributed by atoms with Crippen LogP contribution in [-0.2, 0) is 6.61 Å². The molecule has 2 rings (SSSR count). The average molecular weight is 250 g/mol. The number of aryl methyl sites for hydroxylation is 3. The molecule has 1 N–H and O–H groups in total. The molecular formula is C18H18O. The molecule has 0 aromatic heterocycles. The molecule has 0 spiro atoms. The molecule has 0 saturated carbocycles. The third-order valence-corrected chi connectivity index (χ3v) is 3.19. The van der Waals surface area contributed by atoms with Crippen LogP contribution in [0.3, 0.4) is 0 Å². The SMILES string of the molecule is Cc1cc(C)c(C#Cc2ccccc2CO)c(C)c1. The monoisotopic (exact) mass is 250 g/mol. The number of aliphatic hydroxyl groups excluding tert-OH is 1. The molecule has 19 heavy (non-hydrogen) atoms. The standard InChI is InChI=1S/C18H18O/c1-13-10-14(2)18(15(3)11-13)9-8-16-6-4-5-7-17(16)12-19/h4-7,10-11,19H,12H2,1-3H3. The van der Waals surface area contributed by atoms with E-state index in [1.807, 2.05) is 24.3 Å². The molecule has 0 amide bonds. The van der Waals surface area contributed by atoms with Crippen LogP contribution < -0.4 is 0 Å². The lowest BCUT2D eigenvalue weighted by molar-refractivity contribution is 0.281. The van der Waals surface area contributed by atoms with Gasteiger partial charge >= 0.3 is 0 Å². The van der Waals surface area contributed by atoms with Crippen LogP contribution in [0.5, 0.6) is 0 Å². The second-order valence-corrected chi connectivity index (χ2v) is 4.84. The van der Waals surface area contributed by atoms with Gasteiger partial charge in [-0.25, -0.2) is 0 Å². The van der Waals surface area contributed by atoms with E-state index in [0.29, 0.717) is 0 Å². The highest BCUT2D eigenvalue weighted by atomic mass is 16.3. The van der Waals surface area contributed by atoms with Gasteiger partial charge in [0.25, 0.3) is 0 Å². The molecule has 0 atom stereocenters. The highest BCUT2D eigenvalue weighted by Crippen LogP contribution is 2.15. The van der Waals surface area contributed by atoms with Gasteiger partial charge < -0.3 is 5.11 Å². The zero-order valence-corrected chi connectivity index (χ0v) is 11.6. The molecule has 0 fully saturated rings. The Hall–Kier alpha value is -2.04. The molecule has 96 valence electrons. The van der Waals surface area contributed by atoms with Gasteiger partial charge in [-0.1, -0.05) is 47.7 Å². The van der Waals surface area contributed by atoms with Crippen molar-refractivity contribution in [3.63, 3.8) is 0 Å². The number of hydrogen-bond acceptors (Lipinski definition) is 1. The minimum absolute atomic E-state index is 0.0245. The van der Waals surface area contributed by atoms with Gasteiger partial charge in [0.15, 0.2) is 0 Å². The maximum absolute atomic E-state index is 9.29. The minimum Gasteiger partial charge on any atom is -0.392 e. The normalized spacial score (nSPS) is 9.89. The van der Waals surface area contributed by atoms with Gasteiger partial charge in [0.2, 0.25) is 0 Å². The smallest absolute Gasteiger partial charge is 0.0694 e. The van der Waals surface area contributed by atoms with Gasteiger partial charge in [0.1, 0.15) is 0 Å². The van der Waals surface area contributed by atoms with E-state index < -0.39 is 0 Å². The average Bonchev–Trinajstić information content (AvgIpc) is 2.38. The first-order valence-corrected chi connectivity index (χ1v) is 6.40. The van der Waals surface area contributed by atoms with Gasteiger partial charge in [0, 0.05) is 11.1 Å². The maximum atomic E-state index is 9.29. The van der Waals surface area contributed by atoms with Crippen molar-refractivity contribution in [2.45, 2.75) is 27.4 Å². The molecular weight excluding hydrogens is 232 g/mol. The zero-order valence-electron chi connectivity index (χ0n) is 11.6. The molecule has 2 aromatic carbocycles. The van der Waals surface area contributed by atoms with E-state index in [1.165, 1.54) is 16.7 Å². The second kappa shape index (κ2) is 5.73. The van der Waals surface area contributed by atoms with Gasteiger partial charge in [-0.3, -0.25) is 0 Å². The number of aliphatic hydroxyl groups is 1. The van der Waals surface area contributed by atoms with Crippen molar-refractivity contribution in [2.75, 3.05) is 0 Å². The van der Waals surface area contributed by atoms with Crippen LogP contribution in [0.15, 0.2) is 36.4 Å². The lowest BCUT2D eigenvalue weighted by Gasteiger charge is -2.05. The Morgan fingerprint density at radius 1 is 0.947 bits per heavy atom. The first-order valence-electron chi connectivity index (χ1n) is 6.40. The van der Waals surface area contributed by atoms with Crippen LogP contribution in [0, 0.1) is 32.6 Å². The fraction of sp³-hybridized carbons (Fsp3) is 0.222. The number of hydrogen-bond donors (Lipinski definition) is 1. The quantitative estimate of drug-likeness (QED) is 0.768. The summed E-state index contributed by atoms with van der Waals surface area (Å²) in [6.07, 6.45) is 0.